The van der Waals surface area contributed by atoms with E-state index in [4.69, 9.17) is 20.2 Å². The second-order valence-electron chi connectivity index (χ2n) is 10.4. The number of rotatable bonds is 9. The van der Waals surface area contributed by atoms with Gasteiger partial charge in [0.25, 0.3) is 0 Å². The Hall–Kier alpha value is -3.31. The minimum absolute atomic E-state index is 0.0239. The van der Waals surface area contributed by atoms with E-state index in [0.717, 1.165) is 10.9 Å². The van der Waals surface area contributed by atoms with Crippen molar-refractivity contribution in [3.05, 3.63) is 47.4 Å². The summed E-state index contributed by atoms with van der Waals surface area (Å²) in [6, 6.07) is 5.31. The Balaban J connectivity index is 1.70. The molecular formula is C27H35N5O5S. The van der Waals surface area contributed by atoms with Gasteiger partial charge in [0.2, 0.25) is 5.88 Å². The van der Waals surface area contributed by atoms with E-state index in [0.29, 0.717) is 47.0 Å². The van der Waals surface area contributed by atoms with E-state index in [-0.39, 0.29) is 29.8 Å². The summed E-state index contributed by atoms with van der Waals surface area (Å²) in [6.45, 7) is 9.60. The number of pyridine rings is 3. The van der Waals surface area contributed by atoms with Gasteiger partial charge in [0.1, 0.15) is 27.6 Å². The zero-order chi connectivity index (χ0) is 27.8. The molecule has 0 spiro atoms. The number of esters is 1. The monoisotopic (exact) mass is 541 g/mol. The lowest BCUT2D eigenvalue weighted by Gasteiger charge is -2.27. The van der Waals surface area contributed by atoms with Crippen LogP contribution in [0.15, 0.2) is 30.6 Å². The normalized spacial score (nSPS) is 19.8. The summed E-state index contributed by atoms with van der Waals surface area (Å²) in [7, 11) is -3.10. The number of nitrogens with one attached hydrogen (secondary N) is 1. The lowest BCUT2D eigenvalue weighted by molar-refractivity contribution is 0.0235. The molecule has 3 aromatic rings. The molecule has 3 N–H and O–H groups in total. The minimum Gasteiger partial charge on any atom is -0.474 e. The molecule has 4 rings (SSSR count). The Morgan fingerprint density at radius 3 is 2.61 bits per heavy atom. The Bertz CT molecular complexity index is 1470. The molecule has 10 nitrogen and oxygen atoms in total. The van der Waals surface area contributed by atoms with Gasteiger partial charge in [-0.05, 0) is 62.8 Å². The van der Waals surface area contributed by atoms with Gasteiger partial charge in [0.15, 0.2) is 0 Å². The second kappa shape index (κ2) is 10.5. The van der Waals surface area contributed by atoms with Gasteiger partial charge in [0.05, 0.1) is 28.5 Å². The first-order chi connectivity index (χ1) is 17.8. The molecule has 4 atom stereocenters. The smallest absolute Gasteiger partial charge is 0.340 e. The first-order valence-electron chi connectivity index (χ1n) is 12.7. The van der Waals surface area contributed by atoms with Crippen molar-refractivity contribution in [1.82, 2.24) is 15.0 Å². The zero-order valence-corrected chi connectivity index (χ0v) is 23.4. The summed E-state index contributed by atoms with van der Waals surface area (Å²) in [5, 5.41) is 4.74. The third-order valence-electron chi connectivity index (χ3n) is 7.12. The van der Waals surface area contributed by atoms with E-state index in [9.17, 15) is 13.2 Å². The number of nitrogens with zero attached hydrogens (tertiary/aromatic N) is 3. The number of fused-ring (bicyclic) bond motifs is 2. The molecule has 11 heteroatoms. The molecule has 1 aliphatic heterocycles. The molecular weight excluding hydrogens is 506 g/mol. The molecule has 0 radical (unpaired) electrons. The summed E-state index contributed by atoms with van der Waals surface area (Å²) >= 11 is 0. The lowest BCUT2D eigenvalue weighted by Crippen LogP contribution is -2.32. The molecule has 0 aromatic carbocycles. The first kappa shape index (κ1) is 27.7. The summed E-state index contributed by atoms with van der Waals surface area (Å²) < 4.78 is 34.6. The van der Waals surface area contributed by atoms with Crippen LogP contribution in [0.2, 0.25) is 0 Å². The Kier molecular flexibility index (Phi) is 7.62. The number of cyclic esters (lactones) is 1. The van der Waals surface area contributed by atoms with Crippen LogP contribution >= 0.6 is 0 Å². The SMILES string of the molecule is CC[C@@](C)(N)c1cnc(O[C@H](C)CCS(C)(=O)=O)c2cnc(Nc3ccc4c(n3)[C@H](C)[C@H](C)OC4=O)cc12. The van der Waals surface area contributed by atoms with Crippen molar-refractivity contribution in [3.63, 3.8) is 0 Å². The fourth-order valence-electron chi connectivity index (χ4n) is 4.30. The second-order valence-corrected chi connectivity index (χ2v) is 12.6. The molecule has 204 valence electrons. The highest BCUT2D eigenvalue weighted by Gasteiger charge is 2.31. The highest BCUT2D eigenvalue weighted by atomic mass is 32.2. The average Bonchev–Trinajstić information content (AvgIpc) is 2.85. The Labute approximate surface area is 223 Å². The third-order valence-corrected chi connectivity index (χ3v) is 8.10. The van der Waals surface area contributed by atoms with Crippen molar-refractivity contribution in [2.45, 2.75) is 71.1 Å². The number of anilines is 2. The fraction of sp³-hybridized carbons (Fsp3) is 0.481. The summed E-state index contributed by atoms with van der Waals surface area (Å²) in [6.07, 6.45) is 4.97. The molecule has 0 bridgehead atoms. The van der Waals surface area contributed by atoms with Crippen LogP contribution in [-0.2, 0) is 20.1 Å². The fourth-order valence-corrected chi connectivity index (χ4v) is 5.06. The topological polar surface area (TPSA) is 146 Å². The number of hydrogen-bond donors (Lipinski definition) is 2. The Morgan fingerprint density at radius 2 is 1.92 bits per heavy atom. The van der Waals surface area contributed by atoms with Crippen molar-refractivity contribution in [2.24, 2.45) is 5.73 Å². The van der Waals surface area contributed by atoms with Crippen molar-refractivity contribution in [1.29, 1.82) is 0 Å². The van der Waals surface area contributed by atoms with E-state index >= 15 is 0 Å². The van der Waals surface area contributed by atoms with E-state index < -0.39 is 15.4 Å². The molecule has 38 heavy (non-hydrogen) atoms. The van der Waals surface area contributed by atoms with Crippen molar-refractivity contribution in [2.75, 3.05) is 17.3 Å². The summed E-state index contributed by atoms with van der Waals surface area (Å²) in [5.41, 5.74) is 7.96. The molecule has 1 aliphatic rings. The van der Waals surface area contributed by atoms with Gasteiger partial charge in [0, 0.05) is 30.1 Å². The van der Waals surface area contributed by atoms with E-state index in [2.05, 4.69) is 15.3 Å². The third kappa shape index (κ3) is 5.88. The maximum absolute atomic E-state index is 12.3. The first-order valence-corrected chi connectivity index (χ1v) is 14.8. The van der Waals surface area contributed by atoms with Gasteiger partial charge in [-0.15, -0.1) is 0 Å². The van der Waals surface area contributed by atoms with E-state index in [1.807, 2.05) is 40.7 Å². The number of hydrogen-bond acceptors (Lipinski definition) is 10. The van der Waals surface area contributed by atoms with Gasteiger partial charge >= 0.3 is 5.97 Å². The predicted octanol–water partition coefficient (Wildman–Crippen LogP) is 4.22. The van der Waals surface area contributed by atoms with Crippen LogP contribution < -0.4 is 15.8 Å². The number of carbonyl (C=O) groups excluding carboxylic acids is 1. The molecule has 0 saturated heterocycles. The summed E-state index contributed by atoms with van der Waals surface area (Å²) in [4.78, 5) is 26.0. The van der Waals surface area contributed by atoms with Crippen LogP contribution in [0.1, 0.15) is 75.0 Å². The molecule has 3 aromatic heterocycles. The quantitative estimate of drug-likeness (QED) is 0.377. The van der Waals surface area contributed by atoms with Crippen molar-refractivity contribution >= 4 is 38.2 Å². The number of carbonyl (C=O) groups is 1. The lowest BCUT2D eigenvalue weighted by atomic mass is 9.88. The van der Waals surface area contributed by atoms with Crippen LogP contribution in [0.25, 0.3) is 10.8 Å². The van der Waals surface area contributed by atoms with Crippen LogP contribution in [0.5, 0.6) is 5.88 Å². The van der Waals surface area contributed by atoms with Gasteiger partial charge in [-0.2, -0.15) is 0 Å². The largest absolute Gasteiger partial charge is 0.474 e. The van der Waals surface area contributed by atoms with Gasteiger partial charge in [-0.3, -0.25) is 0 Å². The number of aromatic nitrogens is 3. The van der Waals surface area contributed by atoms with Crippen LogP contribution in [-0.4, -0.2) is 53.6 Å². The van der Waals surface area contributed by atoms with Crippen molar-refractivity contribution in [3.8, 4) is 5.88 Å². The van der Waals surface area contributed by atoms with Gasteiger partial charge < -0.3 is 20.5 Å². The molecule has 4 heterocycles. The zero-order valence-electron chi connectivity index (χ0n) is 22.6. The highest BCUT2D eigenvalue weighted by molar-refractivity contribution is 7.90. The Morgan fingerprint density at radius 1 is 1.18 bits per heavy atom. The van der Waals surface area contributed by atoms with E-state index in [1.165, 1.54) is 6.26 Å². The standard InChI is InChI=1S/C27H35N5O5S/c1-7-27(5,28)21-14-30-25(36-15(2)10-11-38(6,34)35)20-13-29-23(12-19(20)21)31-22-9-8-18-24(32-22)16(3)17(4)37-26(18)33/h8-9,12-17H,7,10-11,28H2,1-6H3,(H,29,31,32)/t15-,16-,17+,27-/m1/s1. The van der Waals surface area contributed by atoms with Crippen LogP contribution in [0.3, 0.4) is 0 Å². The van der Waals surface area contributed by atoms with Crippen LogP contribution in [0.4, 0.5) is 11.6 Å². The predicted molar refractivity (Wildman–Crippen MR) is 147 cm³/mol. The van der Waals surface area contributed by atoms with Crippen LogP contribution in [0, 0.1) is 0 Å². The molecule has 0 fully saturated rings. The number of sulfone groups is 1. The van der Waals surface area contributed by atoms with Crippen molar-refractivity contribution < 1.29 is 22.7 Å². The maximum Gasteiger partial charge on any atom is 0.340 e. The summed E-state index contributed by atoms with van der Waals surface area (Å²) in [5.74, 6) is 1.07. The average molecular weight is 542 g/mol. The molecule has 0 saturated carbocycles. The highest BCUT2D eigenvalue weighted by Crippen LogP contribution is 2.35. The van der Waals surface area contributed by atoms with Gasteiger partial charge in [-0.25, -0.2) is 28.2 Å². The molecule has 0 amide bonds. The van der Waals surface area contributed by atoms with E-state index in [1.54, 1.807) is 24.5 Å². The minimum atomic E-state index is -3.10. The number of nitrogens with two attached hydrogens (primary N) is 1. The maximum atomic E-state index is 12.3. The molecule has 0 unspecified atom stereocenters. The number of ether oxygens (including phenoxy) is 2. The molecule has 0 aliphatic carbocycles. The van der Waals surface area contributed by atoms with Gasteiger partial charge in [-0.1, -0.05) is 13.8 Å².